The zero-order chi connectivity index (χ0) is 19.0. The van der Waals surface area contributed by atoms with Gasteiger partial charge in [-0.2, -0.15) is 0 Å². The van der Waals surface area contributed by atoms with Crippen molar-refractivity contribution in [2.45, 2.75) is 18.2 Å². The van der Waals surface area contributed by atoms with E-state index in [-0.39, 0.29) is 22.9 Å². The van der Waals surface area contributed by atoms with Crippen LogP contribution in [0.3, 0.4) is 0 Å². The van der Waals surface area contributed by atoms with Crippen LogP contribution in [0.1, 0.15) is 16.1 Å². The lowest BCUT2D eigenvalue weighted by molar-refractivity contribution is 0.0698. The molecule has 0 fully saturated rings. The number of aromatic carboxylic acids is 1. The van der Waals surface area contributed by atoms with Crippen LogP contribution in [0.4, 0.5) is 10.2 Å². The van der Waals surface area contributed by atoms with Gasteiger partial charge in [0.05, 0.1) is 19.3 Å². The first-order chi connectivity index (χ1) is 13.1. The van der Waals surface area contributed by atoms with Gasteiger partial charge in [-0.05, 0) is 18.2 Å². The first kappa shape index (κ1) is 17.4. The number of thioether (sulfide) groups is 1. The fourth-order valence-electron chi connectivity index (χ4n) is 2.83. The molecule has 0 bridgehead atoms. The number of nitrogens with one attached hydrogen (secondary N) is 1. The van der Waals surface area contributed by atoms with Crippen molar-refractivity contribution in [1.82, 2.24) is 14.7 Å². The van der Waals surface area contributed by atoms with Crippen molar-refractivity contribution in [2.75, 3.05) is 18.2 Å². The van der Waals surface area contributed by atoms with Crippen LogP contribution in [0.2, 0.25) is 0 Å². The Morgan fingerprint density at radius 3 is 3.11 bits per heavy atom. The van der Waals surface area contributed by atoms with Crippen LogP contribution in [-0.4, -0.2) is 38.6 Å². The molecule has 0 amide bonds. The van der Waals surface area contributed by atoms with Gasteiger partial charge in [-0.25, -0.2) is 14.2 Å². The maximum atomic E-state index is 13.6. The second kappa shape index (κ2) is 6.95. The molecule has 3 aromatic rings. The van der Waals surface area contributed by atoms with E-state index in [9.17, 15) is 14.3 Å². The third kappa shape index (κ3) is 3.23. The summed E-state index contributed by atoms with van der Waals surface area (Å²) in [5.74, 6) is -0.665. The summed E-state index contributed by atoms with van der Waals surface area (Å²) in [7, 11) is 1.33. The van der Waals surface area contributed by atoms with Gasteiger partial charge >= 0.3 is 5.97 Å². The Morgan fingerprint density at radius 2 is 2.37 bits per heavy atom. The summed E-state index contributed by atoms with van der Waals surface area (Å²) < 4.78 is 25.8. The molecule has 0 aliphatic carbocycles. The third-order valence-electron chi connectivity index (χ3n) is 4.11. The minimum atomic E-state index is -1.21. The largest absolute Gasteiger partial charge is 0.494 e. The van der Waals surface area contributed by atoms with E-state index in [0.29, 0.717) is 12.1 Å². The van der Waals surface area contributed by atoms with Crippen molar-refractivity contribution < 1.29 is 23.6 Å². The van der Waals surface area contributed by atoms with Crippen LogP contribution >= 0.6 is 11.8 Å². The Bertz CT molecular complexity index is 995. The molecular formula is C17H15FN4O4S. The number of benzene rings is 1. The predicted octanol–water partition coefficient (Wildman–Crippen LogP) is 3.10. The summed E-state index contributed by atoms with van der Waals surface area (Å²) in [5, 5.41) is 17.3. The van der Waals surface area contributed by atoms with Gasteiger partial charge in [-0.15, -0.1) is 0 Å². The number of fused-ring (bicyclic) bond motifs is 1. The SMILES string of the molecule is COc1cc(-c2onc(NCc3cn4c(n3)SCC4)c2C(=O)O)ccc1F. The van der Waals surface area contributed by atoms with Gasteiger partial charge in [0.2, 0.25) is 0 Å². The highest BCUT2D eigenvalue weighted by molar-refractivity contribution is 7.99. The van der Waals surface area contributed by atoms with E-state index in [4.69, 9.17) is 9.26 Å². The fraction of sp³-hybridized carbons (Fsp3) is 0.235. The first-order valence-electron chi connectivity index (χ1n) is 8.06. The number of hydrogen-bond acceptors (Lipinski definition) is 7. The van der Waals surface area contributed by atoms with E-state index in [1.54, 1.807) is 11.8 Å². The molecule has 27 heavy (non-hydrogen) atoms. The lowest BCUT2D eigenvalue weighted by atomic mass is 10.1. The van der Waals surface area contributed by atoms with Crippen molar-refractivity contribution in [3.05, 3.63) is 41.5 Å². The maximum Gasteiger partial charge on any atom is 0.343 e. The minimum absolute atomic E-state index is 0.0141. The quantitative estimate of drug-likeness (QED) is 0.662. The Morgan fingerprint density at radius 1 is 1.52 bits per heavy atom. The minimum Gasteiger partial charge on any atom is -0.494 e. The van der Waals surface area contributed by atoms with Gasteiger partial charge < -0.3 is 24.3 Å². The van der Waals surface area contributed by atoms with Gasteiger partial charge in [-0.1, -0.05) is 16.9 Å². The molecule has 1 aliphatic rings. The molecule has 0 atom stereocenters. The van der Waals surface area contributed by atoms with Crippen LogP contribution in [-0.2, 0) is 13.1 Å². The van der Waals surface area contributed by atoms with Gasteiger partial charge in [0.25, 0.3) is 0 Å². The summed E-state index contributed by atoms with van der Waals surface area (Å²) in [4.78, 5) is 16.2. The molecule has 0 radical (unpaired) electrons. The summed E-state index contributed by atoms with van der Waals surface area (Å²) in [6, 6.07) is 3.95. The molecule has 8 nitrogen and oxygen atoms in total. The number of carboxylic acids is 1. The monoisotopic (exact) mass is 390 g/mol. The molecule has 3 heterocycles. The highest BCUT2D eigenvalue weighted by atomic mass is 32.2. The molecule has 2 aromatic heterocycles. The number of aryl methyl sites for hydroxylation is 1. The highest BCUT2D eigenvalue weighted by Crippen LogP contribution is 2.33. The standard InChI is InChI=1S/C17H15FN4O4S/c1-25-12-6-9(2-3-11(12)18)14-13(16(23)24)15(21-26-14)19-7-10-8-22-4-5-27-17(22)20-10/h2-3,6,8H,4-5,7H2,1H3,(H,19,21)(H,23,24). The number of anilines is 1. The Labute approximate surface area is 157 Å². The van der Waals surface area contributed by atoms with E-state index in [2.05, 4.69) is 20.0 Å². The number of nitrogens with zero attached hydrogens (tertiary/aromatic N) is 3. The zero-order valence-electron chi connectivity index (χ0n) is 14.2. The van der Waals surface area contributed by atoms with Crippen LogP contribution in [0.15, 0.2) is 34.1 Å². The molecule has 2 N–H and O–H groups in total. The summed E-state index contributed by atoms with van der Waals surface area (Å²) in [5.41, 5.74) is 0.995. The van der Waals surface area contributed by atoms with E-state index < -0.39 is 11.8 Å². The van der Waals surface area contributed by atoms with Crippen molar-refractivity contribution in [3.63, 3.8) is 0 Å². The molecule has 0 spiro atoms. The van der Waals surface area contributed by atoms with Crippen molar-refractivity contribution >= 4 is 23.5 Å². The summed E-state index contributed by atoms with van der Waals surface area (Å²) in [6.07, 6.45) is 1.93. The molecule has 140 valence electrons. The number of aromatic nitrogens is 3. The van der Waals surface area contributed by atoms with E-state index in [1.165, 1.54) is 25.3 Å². The van der Waals surface area contributed by atoms with Crippen molar-refractivity contribution in [2.24, 2.45) is 0 Å². The number of halogens is 1. The molecule has 0 saturated heterocycles. The van der Waals surface area contributed by atoms with Crippen molar-refractivity contribution in [1.29, 1.82) is 0 Å². The van der Waals surface area contributed by atoms with Gasteiger partial charge in [0.15, 0.2) is 33.9 Å². The third-order valence-corrected chi connectivity index (χ3v) is 5.08. The number of carboxylic acid groups (broad SMARTS) is 1. The zero-order valence-corrected chi connectivity index (χ0v) is 15.0. The number of hydrogen-bond donors (Lipinski definition) is 2. The maximum absolute atomic E-state index is 13.6. The Hall–Kier alpha value is -3.01. The second-order valence-corrected chi connectivity index (χ2v) is 6.86. The van der Waals surface area contributed by atoms with Crippen molar-refractivity contribution in [3.8, 4) is 17.1 Å². The molecular weight excluding hydrogens is 375 g/mol. The molecule has 4 rings (SSSR count). The van der Waals surface area contributed by atoms with E-state index >= 15 is 0 Å². The first-order valence-corrected chi connectivity index (χ1v) is 9.05. The molecule has 10 heteroatoms. The summed E-state index contributed by atoms with van der Waals surface area (Å²) in [6.45, 7) is 1.22. The number of imidazole rings is 1. The number of methoxy groups -OCH3 is 1. The lowest BCUT2D eigenvalue weighted by Crippen LogP contribution is -2.06. The predicted molar refractivity (Wildman–Crippen MR) is 95.7 cm³/mol. The van der Waals surface area contributed by atoms with Crippen LogP contribution in [0.5, 0.6) is 5.75 Å². The van der Waals surface area contributed by atoms with Crippen LogP contribution in [0, 0.1) is 5.82 Å². The average molecular weight is 390 g/mol. The fourth-order valence-corrected chi connectivity index (χ4v) is 3.79. The number of rotatable bonds is 6. The van der Waals surface area contributed by atoms with E-state index in [0.717, 1.165) is 23.1 Å². The highest BCUT2D eigenvalue weighted by Gasteiger charge is 2.25. The topological polar surface area (TPSA) is 102 Å². The summed E-state index contributed by atoms with van der Waals surface area (Å²) >= 11 is 1.68. The number of carbonyl (C=O) groups is 1. The molecule has 1 aromatic carbocycles. The Kier molecular flexibility index (Phi) is 4.48. The average Bonchev–Trinajstić information content (AvgIpc) is 3.34. The van der Waals surface area contributed by atoms with Gasteiger partial charge in [0.1, 0.15) is 0 Å². The Balaban J connectivity index is 1.61. The smallest absolute Gasteiger partial charge is 0.343 e. The lowest BCUT2D eigenvalue weighted by Gasteiger charge is -2.05. The van der Waals surface area contributed by atoms with Crippen LogP contribution in [0.25, 0.3) is 11.3 Å². The van der Waals surface area contributed by atoms with Gasteiger partial charge in [0, 0.05) is 24.1 Å². The second-order valence-electron chi connectivity index (χ2n) is 5.80. The number of ether oxygens (including phenoxy) is 1. The van der Waals surface area contributed by atoms with E-state index in [1.807, 2.05) is 6.20 Å². The van der Waals surface area contributed by atoms with Gasteiger partial charge in [-0.3, -0.25) is 0 Å². The molecule has 1 aliphatic heterocycles. The normalized spacial score (nSPS) is 12.8. The van der Waals surface area contributed by atoms with Crippen LogP contribution < -0.4 is 10.1 Å². The molecule has 0 unspecified atom stereocenters. The molecule has 0 saturated carbocycles.